The van der Waals surface area contributed by atoms with Gasteiger partial charge in [0.15, 0.2) is 0 Å². The predicted octanol–water partition coefficient (Wildman–Crippen LogP) is 4.49. The van der Waals surface area contributed by atoms with E-state index in [-0.39, 0.29) is 5.83 Å². The third-order valence-electron chi connectivity index (χ3n) is 2.19. The Balaban J connectivity index is 3.90. The van der Waals surface area contributed by atoms with Crippen molar-refractivity contribution in [2.75, 3.05) is 0 Å². The minimum absolute atomic E-state index is 0.151. The number of halogens is 1. The highest BCUT2D eigenvalue weighted by molar-refractivity contribution is 5.18. The molecule has 0 N–H and O–H groups in total. The van der Waals surface area contributed by atoms with Crippen LogP contribution in [0, 0.1) is 11.8 Å². The Bertz CT molecular complexity index is 185. The van der Waals surface area contributed by atoms with Gasteiger partial charge in [-0.1, -0.05) is 33.8 Å². The van der Waals surface area contributed by atoms with Crippen LogP contribution in [-0.4, -0.2) is 0 Å². The summed E-state index contributed by atoms with van der Waals surface area (Å²) in [6.45, 7) is 11.8. The Morgan fingerprint density at radius 1 is 1.31 bits per heavy atom. The quantitative estimate of drug-likeness (QED) is 0.552. The molecule has 0 saturated heterocycles. The van der Waals surface area contributed by atoms with Crippen LogP contribution in [0.25, 0.3) is 0 Å². The zero-order valence-electron chi connectivity index (χ0n) is 9.23. The van der Waals surface area contributed by atoms with Crippen LogP contribution in [-0.2, 0) is 0 Å². The Hall–Kier alpha value is -0.590. The van der Waals surface area contributed by atoms with Crippen molar-refractivity contribution in [2.24, 2.45) is 11.8 Å². The summed E-state index contributed by atoms with van der Waals surface area (Å²) in [5.74, 6) is 0.959. The Morgan fingerprint density at radius 2 is 1.85 bits per heavy atom. The van der Waals surface area contributed by atoms with Crippen LogP contribution in [0.5, 0.6) is 0 Å². The number of allylic oxidation sites excluding steroid dienone is 3. The molecule has 0 amide bonds. The van der Waals surface area contributed by atoms with Crippen molar-refractivity contribution in [1.82, 2.24) is 0 Å². The third-order valence-corrected chi connectivity index (χ3v) is 2.19. The second-order valence-electron chi connectivity index (χ2n) is 4.18. The van der Waals surface area contributed by atoms with Crippen LogP contribution in [0.4, 0.5) is 4.39 Å². The molecule has 0 aliphatic carbocycles. The first-order valence-electron chi connectivity index (χ1n) is 4.96. The zero-order valence-corrected chi connectivity index (χ0v) is 9.23. The second-order valence-corrected chi connectivity index (χ2v) is 4.18. The molecule has 13 heavy (non-hydrogen) atoms. The van der Waals surface area contributed by atoms with Gasteiger partial charge >= 0.3 is 0 Å². The fourth-order valence-corrected chi connectivity index (χ4v) is 1.17. The van der Waals surface area contributed by atoms with E-state index < -0.39 is 0 Å². The van der Waals surface area contributed by atoms with Crippen molar-refractivity contribution in [1.29, 1.82) is 0 Å². The van der Waals surface area contributed by atoms with Gasteiger partial charge in [0, 0.05) is 0 Å². The van der Waals surface area contributed by atoms with Gasteiger partial charge in [-0.15, -0.1) is 0 Å². The fraction of sp³-hybridized carbons (Fsp3) is 0.667. The van der Waals surface area contributed by atoms with Gasteiger partial charge in [0.05, 0.1) is 5.83 Å². The van der Waals surface area contributed by atoms with Crippen LogP contribution >= 0.6 is 0 Å². The number of hydrogen-bond donors (Lipinski definition) is 0. The van der Waals surface area contributed by atoms with Crippen LogP contribution in [0.1, 0.15) is 40.5 Å². The first-order valence-corrected chi connectivity index (χ1v) is 4.96. The lowest BCUT2D eigenvalue weighted by molar-refractivity contribution is 0.493. The van der Waals surface area contributed by atoms with E-state index in [9.17, 15) is 4.39 Å². The number of hydrogen-bond acceptors (Lipinski definition) is 0. The lowest BCUT2D eigenvalue weighted by atomic mass is 9.93. The summed E-state index contributed by atoms with van der Waals surface area (Å²) in [5.41, 5.74) is 0.903. The lowest BCUT2D eigenvalue weighted by Crippen LogP contribution is -1.99. The van der Waals surface area contributed by atoms with E-state index in [1.807, 2.05) is 0 Å². The van der Waals surface area contributed by atoms with Gasteiger partial charge < -0.3 is 0 Å². The smallest absolute Gasteiger partial charge is 0.0971 e. The van der Waals surface area contributed by atoms with Gasteiger partial charge in [0.1, 0.15) is 0 Å². The molecule has 1 atom stereocenters. The SMILES string of the molecule is C=C(/C=C(\C)F)C(C)CCC(C)C. The van der Waals surface area contributed by atoms with Crippen molar-refractivity contribution in [3.63, 3.8) is 0 Å². The van der Waals surface area contributed by atoms with E-state index in [4.69, 9.17) is 0 Å². The monoisotopic (exact) mass is 184 g/mol. The molecule has 0 aromatic rings. The van der Waals surface area contributed by atoms with Gasteiger partial charge in [0.25, 0.3) is 0 Å². The standard InChI is InChI=1S/C12H21F/c1-9(2)6-7-10(3)11(4)8-12(5)13/h8-10H,4,6-7H2,1-3,5H3/b12-8+. The fourth-order valence-electron chi connectivity index (χ4n) is 1.17. The minimum atomic E-state index is -0.151. The average Bonchev–Trinajstić information content (AvgIpc) is 1.98. The van der Waals surface area contributed by atoms with Crippen LogP contribution in [0.15, 0.2) is 24.1 Å². The summed E-state index contributed by atoms with van der Waals surface area (Å²) in [4.78, 5) is 0. The molecular formula is C12H21F. The molecule has 0 saturated carbocycles. The average molecular weight is 184 g/mol. The molecular weight excluding hydrogens is 163 g/mol. The van der Waals surface area contributed by atoms with Crippen molar-refractivity contribution >= 4 is 0 Å². The van der Waals surface area contributed by atoms with Crippen LogP contribution in [0.2, 0.25) is 0 Å². The predicted molar refractivity (Wildman–Crippen MR) is 57.2 cm³/mol. The highest BCUT2D eigenvalue weighted by atomic mass is 19.1. The van der Waals surface area contributed by atoms with E-state index in [1.165, 1.54) is 19.4 Å². The molecule has 0 aliphatic rings. The summed E-state index contributed by atoms with van der Waals surface area (Å²) in [6.07, 6.45) is 3.81. The van der Waals surface area contributed by atoms with E-state index in [0.29, 0.717) is 11.8 Å². The maximum atomic E-state index is 12.5. The molecule has 1 unspecified atom stereocenters. The highest BCUT2D eigenvalue weighted by Gasteiger charge is 2.05. The van der Waals surface area contributed by atoms with Gasteiger partial charge in [0.2, 0.25) is 0 Å². The zero-order chi connectivity index (χ0) is 10.4. The molecule has 0 radical (unpaired) electrons. The molecule has 0 aromatic heterocycles. The van der Waals surface area contributed by atoms with Crippen LogP contribution in [0.3, 0.4) is 0 Å². The Morgan fingerprint density at radius 3 is 2.23 bits per heavy atom. The molecule has 0 rings (SSSR count). The summed E-state index contributed by atoms with van der Waals surface area (Å²) < 4.78 is 12.5. The molecule has 1 heteroatoms. The molecule has 0 heterocycles. The largest absolute Gasteiger partial charge is 0.212 e. The first kappa shape index (κ1) is 12.4. The minimum Gasteiger partial charge on any atom is -0.212 e. The van der Waals surface area contributed by atoms with Crippen molar-refractivity contribution in [3.05, 3.63) is 24.1 Å². The molecule has 76 valence electrons. The second kappa shape index (κ2) is 5.95. The van der Waals surface area contributed by atoms with Gasteiger partial charge in [-0.2, -0.15) is 0 Å². The highest BCUT2D eigenvalue weighted by Crippen LogP contribution is 2.20. The Kier molecular flexibility index (Phi) is 5.68. The maximum Gasteiger partial charge on any atom is 0.0971 e. The van der Waals surface area contributed by atoms with E-state index in [1.54, 1.807) is 0 Å². The summed E-state index contributed by atoms with van der Waals surface area (Å²) >= 11 is 0. The molecule has 0 aromatic carbocycles. The third kappa shape index (κ3) is 6.56. The summed E-state index contributed by atoms with van der Waals surface area (Å²) in [7, 11) is 0. The molecule has 0 aliphatic heterocycles. The van der Waals surface area contributed by atoms with Crippen molar-refractivity contribution < 1.29 is 4.39 Å². The molecule has 0 spiro atoms. The lowest BCUT2D eigenvalue weighted by Gasteiger charge is -2.12. The first-order chi connectivity index (χ1) is 5.93. The maximum absolute atomic E-state index is 12.5. The topological polar surface area (TPSA) is 0 Å². The van der Waals surface area contributed by atoms with E-state index in [2.05, 4.69) is 27.4 Å². The molecule has 0 fully saturated rings. The molecule has 0 bridgehead atoms. The van der Waals surface area contributed by atoms with E-state index in [0.717, 1.165) is 12.0 Å². The van der Waals surface area contributed by atoms with Gasteiger partial charge in [-0.3, -0.25) is 0 Å². The van der Waals surface area contributed by atoms with E-state index >= 15 is 0 Å². The van der Waals surface area contributed by atoms with Gasteiger partial charge in [-0.25, -0.2) is 4.39 Å². The Labute approximate surface area is 81.5 Å². The summed E-state index contributed by atoms with van der Waals surface area (Å²) in [5, 5.41) is 0. The summed E-state index contributed by atoms with van der Waals surface area (Å²) in [6, 6.07) is 0. The number of rotatable bonds is 5. The normalized spacial score (nSPS) is 14.8. The van der Waals surface area contributed by atoms with Crippen molar-refractivity contribution in [3.8, 4) is 0 Å². The van der Waals surface area contributed by atoms with Gasteiger partial charge in [-0.05, 0) is 36.8 Å². The molecule has 0 nitrogen and oxygen atoms in total. The van der Waals surface area contributed by atoms with Crippen molar-refractivity contribution in [2.45, 2.75) is 40.5 Å². The van der Waals surface area contributed by atoms with Crippen LogP contribution < -0.4 is 0 Å².